The normalized spacial score (nSPS) is 15.8. The van der Waals surface area contributed by atoms with Crippen molar-refractivity contribution in [1.29, 1.82) is 5.26 Å². The summed E-state index contributed by atoms with van der Waals surface area (Å²) in [6.07, 6.45) is 5.84. The fourth-order valence-corrected chi connectivity index (χ4v) is 2.87. The molecule has 1 atom stereocenters. The monoisotopic (exact) mass is 360 g/mol. The van der Waals surface area contributed by atoms with E-state index in [9.17, 15) is 10.4 Å². The molecule has 0 radical (unpaired) electrons. The Bertz CT molecular complexity index is 649. The van der Waals surface area contributed by atoms with Crippen molar-refractivity contribution in [3.63, 3.8) is 0 Å². The number of nitriles is 1. The minimum Gasteiger partial charge on any atom is -0.493 e. The van der Waals surface area contributed by atoms with Crippen molar-refractivity contribution in [2.24, 2.45) is 4.99 Å². The molecule has 1 aliphatic carbocycles. The fraction of sp³-hybridized carbons (Fsp3) is 0.579. The lowest BCUT2D eigenvalue weighted by atomic mass is 10.1. The van der Waals surface area contributed by atoms with Crippen LogP contribution in [0.4, 0.5) is 5.69 Å². The lowest BCUT2D eigenvalue weighted by Gasteiger charge is -2.18. The highest BCUT2D eigenvalue weighted by Crippen LogP contribution is 2.34. The predicted molar refractivity (Wildman–Crippen MR) is 101 cm³/mol. The Hall–Kier alpha value is -2.30. The minimum absolute atomic E-state index is 0.138. The van der Waals surface area contributed by atoms with Gasteiger partial charge < -0.3 is 24.8 Å². The van der Waals surface area contributed by atoms with Crippen molar-refractivity contribution in [1.82, 2.24) is 10.2 Å². The molecule has 1 aromatic carbocycles. The molecule has 1 saturated carbocycles. The lowest BCUT2D eigenvalue weighted by molar-refractivity contribution is 0.102. The topological polar surface area (TPSA) is 90.1 Å². The van der Waals surface area contributed by atoms with E-state index in [0.29, 0.717) is 35.3 Å². The molecule has 2 rings (SSSR count). The molecule has 0 heterocycles. The van der Waals surface area contributed by atoms with Gasteiger partial charge in [-0.2, -0.15) is 5.26 Å². The number of hydrogen-bond acceptors (Lipinski definition) is 6. The van der Waals surface area contributed by atoms with Gasteiger partial charge in [0.1, 0.15) is 18.8 Å². The zero-order valence-electron chi connectivity index (χ0n) is 15.7. The van der Waals surface area contributed by atoms with Crippen molar-refractivity contribution >= 4 is 12.0 Å². The van der Waals surface area contributed by atoms with Crippen LogP contribution in [0.5, 0.6) is 11.5 Å². The molecular weight excluding hydrogens is 332 g/mol. The van der Waals surface area contributed by atoms with Crippen molar-refractivity contribution in [3.8, 4) is 17.6 Å². The molecule has 0 aromatic heterocycles. The number of rotatable bonds is 9. The molecule has 1 fully saturated rings. The van der Waals surface area contributed by atoms with Gasteiger partial charge in [0.25, 0.3) is 0 Å². The van der Waals surface area contributed by atoms with Gasteiger partial charge in [-0.1, -0.05) is 12.8 Å². The van der Waals surface area contributed by atoms with E-state index >= 15 is 0 Å². The number of nitrogens with zero attached hydrogens (tertiary/aromatic N) is 3. The summed E-state index contributed by atoms with van der Waals surface area (Å²) in [6, 6.07) is 5.87. The summed E-state index contributed by atoms with van der Waals surface area (Å²) in [6.45, 7) is 0.633. The first kappa shape index (κ1) is 20.0. The van der Waals surface area contributed by atoms with Crippen LogP contribution in [0.25, 0.3) is 0 Å². The Labute approximate surface area is 155 Å². The van der Waals surface area contributed by atoms with E-state index in [1.54, 1.807) is 23.4 Å². The summed E-state index contributed by atoms with van der Waals surface area (Å²) in [5.41, 5.74) is 0.895. The Morgan fingerprint density at radius 1 is 1.38 bits per heavy atom. The van der Waals surface area contributed by atoms with Crippen LogP contribution in [0.15, 0.2) is 17.1 Å². The summed E-state index contributed by atoms with van der Waals surface area (Å²) in [4.78, 5) is 6.08. The quantitative estimate of drug-likeness (QED) is 0.517. The smallest absolute Gasteiger partial charge is 0.163 e. The van der Waals surface area contributed by atoms with Crippen molar-refractivity contribution in [2.45, 2.75) is 37.8 Å². The van der Waals surface area contributed by atoms with E-state index in [1.807, 2.05) is 14.1 Å². The highest BCUT2D eigenvalue weighted by atomic mass is 16.5. The summed E-state index contributed by atoms with van der Waals surface area (Å²) in [5, 5.41) is 22.8. The molecule has 1 aromatic rings. The lowest BCUT2D eigenvalue weighted by Crippen LogP contribution is -2.36. The summed E-state index contributed by atoms with van der Waals surface area (Å²) in [5.74, 6) is 0.902. The first-order chi connectivity index (χ1) is 12.5. The number of nitrogens with one attached hydrogen (secondary N) is 1. The van der Waals surface area contributed by atoms with Gasteiger partial charge in [0, 0.05) is 38.8 Å². The third kappa shape index (κ3) is 5.90. The van der Waals surface area contributed by atoms with Gasteiger partial charge in [0.2, 0.25) is 0 Å². The Morgan fingerprint density at radius 3 is 2.73 bits per heavy atom. The van der Waals surface area contributed by atoms with Crippen molar-refractivity contribution < 1.29 is 14.6 Å². The molecule has 142 valence electrons. The maximum atomic E-state index is 10.2. The summed E-state index contributed by atoms with van der Waals surface area (Å²) in [7, 11) is 5.22. The number of aliphatic hydroxyl groups excluding tert-OH is 1. The van der Waals surface area contributed by atoms with Crippen LogP contribution in [0.3, 0.4) is 0 Å². The number of ether oxygens (including phenoxy) is 2. The van der Waals surface area contributed by atoms with Crippen LogP contribution in [0, 0.1) is 11.3 Å². The molecule has 7 nitrogen and oxygen atoms in total. The summed E-state index contributed by atoms with van der Waals surface area (Å²) >= 11 is 0. The second-order valence-corrected chi connectivity index (χ2v) is 6.69. The summed E-state index contributed by atoms with van der Waals surface area (Å²) < 4.78 is 11.0. The molecule has 2 N–H and O–H groups in total. The molecular formula is C19H28N4O3. The zero-order chi connectivity index (χ0) is 18.9. The fourth-order valence-electron chi connectivity index (χ4n) is 2.87. The highest BCUT2D eigenvalue weighted by molar-refractivity contribution is 5.68. The van der Waals surface area contributed by atoms with Crippen LogP contribution in [0.2, 0.25) is 0 Å². The van der Waals surface area contributed by atoms with Gasteiger partial charge in [-0.15, -0.1) is 0 Å². The van der Waals surface area contributed by atoms with Crippen LogP contribution in [-0.4, -0.2) is 62.8 Å². The van der Waals surface area contributed by atoms with E-state index in [1.165, 1.54) is 32.8 Å². The maximum Gasteiger partial charge on any atom is 0.163 e. The molecule has 1 aliphatic rings. The standard InChI is InChI=1S/C19H28N4O3/c1-23(2)13-22-17-9-19(18(25-3)8-14(17)10-20)26-12-16(24)11-21-15-6-4-5-7-15/h8-9,13,15-16,21,24H,4-7,11-12H2,1-3H3/t16-/m0/s1. The van der Waals surface area contributed by atoms with Gasteiger partial charge in [-0.05, 0) is 12.8 Å². The molecule has 0 aliphatic heterocycles. The zero-order valence-corrected chi connectivity index (χ0v) is 15.7. The number of aliphatic hydroxyl groups is 1. The van der Waals surface area contributed by atoms with Gasteiger partial charge in [-0.3, -0.25) is 0 Å². The molecule has 0 spiro atoms. The van der Waals surface area contributed by atoms with Gasteiger partial charge in [-0.25, -0.2) is 4.99 Å². The molecule has 26 heavy (non-hydrogen) atoms. The Kier molecular flexibility index (Phi) is 7.70. The van der Waals surface area contributed by atoms with E-state index in [0.717, 1.165) is 0 Å². The van der Waals surface area contributed by atoms with E-state index in [2.05, 4.69) is 16.4 Å². The average Bonchev–Trinajstić information content (AvgIpc) is 3.16. The second kappa shape index (κ2) is 10.00. The number of methoxy groups -OCH3 is 1. The van der Waals surface area contributed by atoms with Crippen molar-refractivity contribution in [2.75, 3.05) is 34.4 Å². The second-order valence-electron chi connectivity index (χ2n) is 6.69. The Morgan fingerprint density at radius 2 is 2.12 bits per heavy atom. The average molecular weight is 360 g/mol. The van der Waals surface area contributed by atoms with Crippen molar-refractivity contribution in [3.05, 3.63) is 17.7 Å². The predicted octanol–water partition coefficient (Wildman–Crippen LogP) is 2.06. The minimum atomic E-state index is -0.621. The number of benzene rings is 1. The number of hydrogen-bond donors (Lipinski definition) is 2. The van der Waals surface area contributed by atoms with E-state index in [4.69, 9.17) is 9.47 Å². The highest BCUT2D eigenvalue weighted by Gasteiger charge is 2.17. The molecule has 0 bridgehead atoms. The van der Waals surface area contributed by atoms with Crippen LogP contribution in [-0.2, 0) is 0 Å². The third-order valence-corrected chi connectivity index (χ3v) is 4.26. The van der Waals surface area contributed by atoms with Gasteiger partial charge >= 0.3 is 0 Å². The third-order valence-electron chi connectivity index (χ3n) is 4.26. The Balaban J connectivity index is 2.01. The van der Waals surface area contributed by atoms with E-state index < -0.39 is 6.10 Å². The van der Waals surface area contributed by atoms with Gasteiger partial charge in [0.15, 0.2) is 11.5 Å². The molecule has 7 heteroatoms. The number of aliphatic imine (C=N–C) groups is 1. The largest absolute Gasteiger partial charge is 0.493 e. The van der Waals surface area contributed by atoms with Crippen LogP contribution < -0.4 is 14.8 Å². The van der Waals surface area contributed by atoms with E-state index in [-0.39, 0.29) is 6.61 Å². The molecule has 0 amide bonds. The molecule has 0 saturated heterocycles. The van der Waals surface area contributed by atoms with Gasteiger partial charge in [0.05, 0.1) is 24.7 Å². The first-order valence-corrected chi connectivity index (χ1v) is 8.90. The first-order valence-electron chi connectivity index (χ1n) is 8.90. The molecule has 0 unspecified atom stereocenters. The maximum absolute atomic E-state index is 10.2. The SMILES string of the molecule is COc1cc(C#N)c(N=CN(C)C)cc1OC[C@@H](O)CNC1CCCC1. The van der Waals surface area contributed by atoms with Crippen LogP contribution >= 0.6 is 0 Å². The van der Waals surface area contributed by atoms with Crippen LogP contribution in [0.1, 0.15) is 31.2 Å².